The number of hydrogen-bond acceptors (Lipinski definition) is 2. The molecule has 1 aromatic rings. The highest BCUT2D eigenvalue weighted by Crippen LogP contribution is 2.65. The van der Waals surface area contributed by atoms with Crippen LogP contribution in [-0.2, 0) is 0 Å². The fourth-order valence-electron chi connectivity index (χ4n) is 3.18. The van der Waals surface area contributed by atoms with E-state index in [1.54, 1.807) is 0 Å². The maximum Gasteiger partial charge on any atom is 0.00685 e. The van der Waals surface area contributed by atoms with E-state index in [2.05, 4.69) is 35.6 Å². The number of benzene rings is 1. The van der Waals surface area contributed by atoms with Gasteiger partial charge in [-0.25, -0.2) is 0 Å². The third-order valence-corrected chi connectivity index (χ3v) is 4.01. The van der Waals surface area contributed by atoms with Crippen LogP contribution in [0.5, 0.6) is 0 Å². The van der Waals surface area contributed by atoms with Gasteiger partial charge in [0, 0.05) is 18.5 Å². The molecular weight excluding hydrogens is 172 g/mol. The van der Waals surface area contributed by atoms with Gasteiger partial charge >= 0.3 is 0 Å². The zero-order chi connectivity index (χ0) is 9.60. The van der Waals surface area contributed by atoms with Crippen LogP contribution in [-0.4, -0.2) is 19.6 Å². The molecule has 14 heavy (non-hydrogen) atoms. The molecule has 2 aliphatic rings. The van der Waals surface area contributed by atoms with Crippen molar-refractivity contribution in [1.29, 1.82) is 0 Å². The Kier molecular flexibility index (Phi) is 1.70. The number of piperidine rings is 1. The van der Waals surface area contributed by atoms with Crippen LogP contribution in [0, 0.1) is 11.3 Å². The summed E-state index contributed by atoms with van der Waals surface area (Å²) in [6.07, 6.45) is 0. The fourth-order valence-corrected chi connectivity index (χ4v) is 3.18. The quantitative estimate of drug-likeness (QED) is 0.725. The van der Waals surface area contributed by atoms with Crippen LogP contribution in [0.2, 0.25) is 0 Å². The second-order valence-corrected chi connectivity index (χ2v) is 4.56. The van der Waals surface area contributed by atoms with E-state index in [0.717, 1.165) is 31.5 Å². The van der Waals surface area contributed by atoms with Gasteiger partial charge in [-0.1, -0.05) is 30.3 Å². The molecule has 2 fully saturated rings. The molecule has 0 radical (unpaired) electrons. The predicted molar refractivity (Wildman–Crippen MR) is 57.0 cm³/mol. The van der Waals surface area contributed by atoms with Gasteiger partial charge in [0.05, 0.1) is 0 Å². The van der Waals surface area contributed by atoms with Gasteiger partial charge < -0.3 is 11.1 Å². The summed E-state index contributed by atoms with van der Waals surface area (Å²) in [5.74, 6) is 1.50. The number of hydrogen-bond donors (Lipinski definition) is 2. The lowest BCUT2D eigenvalue weighted by atomic mass is 9.99. The molecule has 0 amide bonds. The Balaban J connectivity index is 1.90. The average Bonchev–Trinajstić information content (AvgIpc) is 2.69. The molecule has 1 heterocycles. The molecule has 3 N–H and O–H groups in total. The molecule has 3 rings (SSSR count). The summed E-state index contributed by atoms with van der Waals surface area (Å²) in [4.78, 5) is 0. The van der Waals surface area contributed by atoms with E-state index >= 15 is 0 Å². The van der Waals surface area contributed by atoms with Gasteiger partial charge in [-0.15, -0.1) is 0 Å². The van der Waals surface area contributed by atoms with Gasteiger partial charge in [0.1, 0.15) is 0 Å². The third-order valence-electron chi connectivity index (χ3n) is 4.01. The number of rotatable bonds is 2. The number of nitrogens with one attached hydrogen (secondary N) is 1. The molecule has 1 aliphatic carbocycles. The van der Waals surface area contributed by atoms with Gasteiger partial charge in [0.25, 0.3) is 0 Å². The first-order valence-electron chi connectivity index (χ1n) is 5.34. The lowest BCUT2D eigenvalue weighted by Crippen LogP contribution is -2.26. The molecule has 3 unspecified atom stereocenters. The van der Waals surface area contributed by atoms with Gasteiger partial charge in [-0.2, -0.15) is 0 Å². The van der Waals surface area contributed by atoms with Crippen molar-refractivity contribution in [2.24, 2.45) is 17.1 Å². The summed E-state index contributed by atoms with van der Waals surface area (Å²) in [6.45, 7) is 3.08. The van der Waals surface area contributed by atoms with E-state index in [4.69, 9.17) is 5.73 Å². The molecular formula is C12H16N2. The molecule has 0 spiro atoms. The van der Waals surface area contributed by atoms with E-state index in [9.17, 15) is 0 Å². The summed E-state index contributed by atoms with van der Waals surface area (Å²) < 4.78 is 0. The normalized spacial score (nSPS) is 39.5. The Morgan fingerprint density at radius 1 is 1.36 bits per heavy atom. The molecule has 3 atom stereocenters. The van der Waals surface area contributed by atoms with E-state index < -0.39 is 0 Å². The standard InChI is InChI=1S/C12H16N2/c13-7-12-8-14-6-10(12)11(12)9-4-2-1-3-5-9/h1-5,10-11,14H,6-8,13H2. The third kappa shape index (κ3) is 0.928. The largest absolute Gasteiger partial charge is 0.330 e. The Bertz CT molecular complexity index is 335. The maximum absolute atomic E-state index is 5.90. The molecule has 74 valence electrons. The molecule has 0 bridgehead atoms. The average molecular weight is 188 g/mol. The van der Waals surface area contributed by atoms with E-state index in [0.29, 0.717) is 5.41 Å². The first-order chi connectivity index (χ1) is 6.88. The Morgan fingerprint density at radius 2 is 2.14 bits per heavy atom. The zero-order valence-corrected chi connectivity index (χ0v) is 8.24. The van der Waals surface area contributed by atoms with Gasteiger partial charge in [0.2, 0.25) is 0 Å². The lowest BCUT2D eigenvalue weighted by molar-refractivity contribution is 0.507. The van der Waals surface area contributed by atoms with Crippen molar-refractivity contribution in [1.82, 2.24) is 5.32 Å². The van der Waals surface area contributed by atoms with Crippen molar-refractivity contribution in [3.05, 3.63) is 35.9 Å². The Hall–Kier alpha value is -0.860. The molecule has 2 nitrogen and oxygen atoms in total. The molecule has 0 aromatic heterocycles. The summed E-state index contributed by atoms with van der Waals surface area (Å²) in [7, 11) is 0. The van der Waals surface area contributed by atoms with Crippen molar-refractivity contribution < 1.29 is 0 Å². The zero-order valence-electron chi connectivity index (χ0n) is 8.24. The monoisotopic (exact) mass is 188 g/mol. The van der Waals surface area contributed by atoms with Crippen molar-refractivity contribution in [3.8, 4) is 0 Å². The van der Waals surface area contributed by atoms with Crippen molar-refractivity contribution in [2.45, 2.75) is 5.92 Å². The van der Waals surface area contributed by atoms with Crippen LogP contribution in [0.1, 0.15) is 11.5 Å². The van der Waals surface area contributed by atoms with E-state index in [-0.39, 0.29) is 0 Å². The summed E-state index contributed by atoms with van der Waals surface area (Å²) >= 11 is 0. The lowest BCUT2D eigenvalue weighted by Gasteiger charge is -2.12. The fraction of sp³-hybridized carbons (Fsp3) is 0.500. The highest BCUT2D eigenvalue weighted by Gasteiger charge is 2.66. The minimum Gasteiger partial charge on any atom is -0.330 e. The van der Waals surface area contributed by atoms with Crippen LogP contribution in [0.4, 0.5) is 0 Å². The van der Waals surface area contributed by atoms with Gasteiger partial charge in [-0.05, 0) is 23.9 Å². The predicted octanol–water partition coefficient (Wildman–Crippen LogP) is 0.948. The first-order valence-corrected chi connectivity index (χ1v) is 5.34. The molecule has 1 saturated carbocycles. The van der Waals surface area contributed by atoms with Gasteiger partial charge in [0.15, 0.2) is 0 Å². The first kappa shape index (κ1) is 8.45. The van der Waals surface area contributed by atoms with Crippen molar-refractivity contribution >= 4 is 0 Å². The molecule has 1 aromatic carbocycles. The van der Waals surface area contributed by atoms with Crippen LogP contribution >= 0.6 is 0 Å². The Morgan fingerprint density at radius 3 is 2.79 bits per heavy atom. The van der Waals surface area contributed by atoms with Crippen LogP contribution < -0.4 is 11.1 Å². The number of nitrogens with two attached hydrogens (primary N) is 1. The smallest absolute Gasteiger partial charge is 0.00685 e. The second-order valence-electron chi connectivity index (χ2n) is 4.56. The van der Waals surface area contributed by atoms with Crippen molar-refractivity contribution in [2.75, 3.05) is 19.6 Å². The Labute approximate surface area is 84.5 Å². The maximum atomic E-state index is 5.90. The molecule has 1 saturated heterocycles. The summed E-state index contributed by atoms with van der Waals surface area (Å²) in [5, 5.41) is 3.43. The van der Waals surface area contributed by atoms with Gasteiger partial charge in [-0.3, -0.25) is 0 Å². The van der Waals surface area contributed by atoms with Crippen molar-refractivity contribution in [3.63, 3.8) is 0 Å². The minimum absolute atomic E-state index is 0.390. The SMILES string of the molecule is NCC12CNCC1C2c1ccccc1. The highest BCUT2D eigenvalue weighted by atomic mass is 15.0. The summed E-state index contributed by atoms with van der Waals surface area (Å²) in [5.41, 5.74) is 7.76. The molecule has 1 aliphatic heterocycles. The highest BCUT2D eigenvalue weighted by molar-refractivity contribution is 5.35. The topological polar surface area (TPSA) is 38.0 Å². The van der Waals surface area contributed by atoms with E-state index in [1.165, 1.54) is 5.56 Å². The van der Waals surface area contributed by atoms with Crippen LogP contribution in [0.25, 0.3) is 0 Å². The number of fused-ring (bicyclic) bond motifs is 1. The summed E-state index contributed by atoms with van der Waals surface area (Å²) in [6, 6.07) is 10.8. The van der Waals surface area contributed by atoms with Crippen LogP contribution in [0.15, 0.2) is 30.3 Å². The second kappa shape index (κ2) is 2.81. The van der Waals surface area contributed by atoms with E-state index in [1.807, 2.05) is 0 Å². The van der Waals surface area contributed by atoms with Crippen LogP contribution in [0.3, 0.4) is 0 Å². The minimum atomic E-state index is 0.390. The molecule has 2 heteroatoms.